The van der Waals surface area contributed by atoms with Crippen molar-refractivity contribution < 1.29 is 31.5 Å². The molecular weight excluding hydrogens is 448 g/mol. The number of sulfonamides is 1. The van der Waals surface area contributed by atoms with E-state index >= 15 is 0 Å². The first-order chi connectivity index (χ1) is 15.2. The number of rotatable bonds is 5. The minimum atomic E-state index is -4.26. The SMILES string of the molecule is CCOC(=O)Oc1c[nH]c2c(=O)[nH]c3ccc(S(=O)(=O)Nc4cc(F)cc(F)c4)cc3c12. The lowest BCUT2D eigenvalue weighted by molar-refractivity contribution is 0.105. The monoisotopic (exact) mass is 463 g/mol. The van der Waals surface area contributed by atoms with Gasteiger partial charge in [-0.05, 0) is 37.3 Å². The van der Waals surface area contributed by atoms with Crippen LogP contribution in [-0.4, -0.2) is 31.1 Å². The summed E-state index contributed by atoms with van der Waals surface area (Å²) in [7, 11) is -4.26. The van der Waals surface area contributed by atoms with Gasteiger partial charge in [0.05, 0.1) is 22.6 Å². The van der Waals surface area contributed by atoms with Crippen LogP contribution in [0.25, 0.3) is 21.8 Å². The Balaban J connectivity index is 1.84. The Bertz CT molecular complexity index is 1510. The van der Waals surface area contributed by atoms with Crippen molar-refractivity contribution in [1.29, 1.82) is 0 Å². The van der Waals surface area contributed by atoms with Crippen molar-refractivity contribution in [3.63, 3.8) is 0 Å². The number of hydrogen-bond donors (Lipinski definition) is 3. The number of hydrogen-bond acceptors (Lipinski definition) is 6. The maximum Gasteiger partial charge on any atom is 0.513 e. The number of carbonyl (C=O) groups is 1. The zero-order valence-electron chi connectivity index (χ0n) is 16.4. The second-order valence-electron chi connectivity index (χ2n) is 6.61. The maximum atomic E-state index is 13.4. The molecule has 2 heterocycles. The zero-order chi connectivity index (χ0) is 23.0. The van der Waals surface area contributed by atoms with Crippen molar-refractivity contribution in [3.8, 4) is 5.75 Å². The van der Waals surface area contributed by atoms with E-state index in [2.05, 4.69) is 14.7 Å². The molecule has 4 aromatic rings. The first-order valence-corrected chi connectivity index (χ1v) is 10.7. The Kier molecular flexibility index (Phi) is 5.30. The van der Waals surface area contributed by atoms with Crippen LogP contribution in [0.2, 0.25) is 0 Å². The molecule has 4 rings (SSSR count). The first kappa shape index (κ1) is 21.3. The molecule has 3 N–H and O–H groups in total. The lowest BCUT2D eigenvalue weighted by Crippen LogP contribution is -2.14. The Hall–Kier alpha value is -3.93. The fourth-order valence-electron chi connectivity index (χ4n) is 3.19. The van der Waals surface area contributed by atoms with Gasteiger partial charge in [-0.3, -0.25) is 9.52 Å². The lowest BCUT2D eigenvalue weighted by Gasteiger charge is -2.10. The smallest absolute Gasteiger partial charge is 0.434 e. The van der Waals surface area contributed by atoms with Crippen LogP contribution in [0.5, 0.6) is 5.75 Å². The van der Waals surface area contributed by atoms with Crippen LogP contribution in [0.1, 0.15) is 6.92 Å². The van der Waals surface area contributed by atoms with E-state index in [1.807, 2.05) is 0 Å². The highest BCUT2D eigenvalue weighted by atomic mass is 32.2. The van der Waals surface area contributed by atoms with E-state index in [0.29, 0.717) is 6.07 Å². The van der Waals surface area contributed by atoms with Crippen LogP contribution < -0.4 is 15.0 Å². The van der Waals surface area contributed by atoms with Gasteiger partial charge in [0.2, 0.25) is 0 Å². The summed E-state index contributed by atoms with van der Waals surface area (Å²) >= 11 is 0. The largest absolute Gasteiger partial charge is 0.513 e. The zero-order valence-corrected chi connectivity index (χ0v) is 17.2. The quantitative estimate of drug-likeness (QED) is 0.388. The number of halogens is 2. The van der Waals surface area contributed by atoms with Crippen molar-refractivity contribution >= 4 is 43.7 Å². The molecule has 0 unspecified atom stereocenters. The second kappa shape index (κ2) is 7.96. The first-order valence-electron chi connectivity index (χ1n) is 9.18. The number of aromatic amines is 2. The summed E-state index contributed by atoms with van der Waals surface area (Å²) in [5.74, 6) is -1.94. The molecule has 0 aliphatic rings. The summed E-state index contributed by atoms with van der Waals surface area (Å²) in [6.45, 7) is 1.66. The van der Waals surface area contributed by atoms with E-state index in [-0.39, 0.29) is 44.7 Å². The number of anilines is 1. The molecule has 0 atom stereocenters. The third-order valence-electron chi connectivity index (χ3n) is 4.46. The van der Waals surface area contributed by atoms with Gasteiger partial charge in [0, 0.05) is 23.2 Å². The summed E-state index contributed by atoms with van der Waals surface area (Å²) < 4.78 is 64.5. The Morgan fingerprint density at radius 1 is 1.12 bits per heavy atom. The van der Waals surface area contributed by atoms with Crippen LogP contribution in [0.15, 0.2) is 52.3 Å². The Morgan fingerprint density at radius 3 is 2.53 bits per heavy atom. The molecule has 0 aliphatic heterocycles. The third-order valence-corrected chi connectivity index (χ3v) is 5.84. The molecular formula is C20H15F2N3O6S. The summed E-state index contributed by atoms with van der Waals surface area (Å²) in [5.41, 5.74) is -0.504. The van der Waals surface area contributed by atoms with Crippen LogP contribution in [0.4, 0.5) is 19.3 Å². The fourth-order valence-corrected chi connectivity index (χ4v) is 4.25. The molecule has 32 heavy (non-hydrogen) atoms. The molecule has 2 aromatic heterocycles. The van der Waals surface area contributed by atoms with E-state index in [4.69, 9.17) is 9.47 Å². The molecule has 166 valence electrons. The molecule has 0 saturated heterocycles. The number of benzene rings is 2. The molecule has 0 radical (unpaired) electrons. The van der Waals surface area contributed by atoms with Crippen LogP contribution >= 0.6 is 0 Å². The highest BCUT2D eigenvalue weighted by Gasteiger charge is 2.20. The average Bonchev–Trinajstić information content (AvgIpc) is 3.11. The van der Waals surface area contributed by atoms with Gasteiger partial charge in [0.1, 0.15) is 17.2 Å². The summed E-state index contributed by atoms with van der Waals surface area (Å²) in [4.78, 5) is 29.1. The average molecular weight is 463 g/mol. The molecule has 12 heteroatoms. The number of aromatic nitrogens is 2. The summed E-state index contributed by atoms with van der Waals surface area (Å²) in [6, 6.07) is 6.05. The van der Waals surface area contributed by atoms with E-state index < -0.39 is 33.4 Å². The maximum absolute atomic E-state index is 13.4. The van der Waals surface area contributed by atoms with Crippen molar-refractivity contribution in [2.24, 2.45) is 0 Å². The third kappa shape index (κ3) is 3.99. The van der Waals surface area contributed by atoms with Crippen LogP contribution in [0.3, 0.4) is 0 Å². The van der Waals surface area contributed by atoms with E-state index in [0.717, 1.165) is 12.1 Å². The summed E-state index contributed by atoms with van der Waals surface area (Å²) in [5, 5.41) is 0.402. The number of pyridine rings is 1. The number of fused-ring (bicyclic) bond motifs is 3. The van der Waals surface area contributed by atoms with Gasteiger partial charge in [-0.2, -0.15) is 0 Å². The molecule has 0 bridgehead atoms. The fraction of sp³-hybridized carbons (Fsp3) is 0.100. The van der Waals surface area contributed by atoms with Gasteiger partial charge in [0.25, 0.3) is 15.6 Å². The van der Waals surface area contributed by atoms with E-state index in [1.165, 1.54) is 24.4 Å². The van der Waals surface area contributed by atoms with Gasteiger partial charge in [-0.1, -0.05) is 0 Å². The van der Waals surface area contributed by atoms with Crippen molar-refractivity contribution in [1.82, 2.24) is 9.97 Å². The Morgan fingerprint density at radius 2 is 1.84 bits per heavy atom. The number of nitrogens with one attached hydrogen (secondary N) is 3. The normalized spacial score (nSPS) is 11.6. The number of ether oxygens (including phenoxy) is 2. The molecule has 0 saturated carbocycles. The highest BCUT2D eigenvalue weighted by molar-refractivity contribution is 7.92. The predicted molar refractivity (Wildman–Crippen MR) is 111 cm³/mol. The van der Waals surface area contributed by atoms with Crippen molar-refractivity contribution in [2.75, 3.05) is 11.3 Å². The highest BCUT2D eigenvalue weighted by Crippen LogP contribution is 2.32. The molecule has 0 fully saturated rings. The van der Waals surface area contributed by atoms with Crippen molar-refractivity contribution in [2.45, 2.75) is 11.8 Å². The molecule has 0 amide bonds. The molecule has 9 nitrogen and oxygen atoms in total. The van der Waals surface area contributed by atoms with Gasteiger partial charge in [0.15, 0.2) is 5.75 Å². The lowest BCUT2D eigenvalue weighted by atomic mass is 10.1. The van der Waals surface area contributed by atoms with Crippen LogP contribution in [-0.2, 0) is 14.8 Å². The minimum Gasteiger partial charge on any atom is -0.434 e. The predicted octanol–water partition coefficient (Wildman–Crippen LogP) is 3.62. The summed E-state index contributed by atoms with van der Waals surface area (Å²) in [6.07, 6.45) is 0.269. The number of carbonyl (C=O) groups excluding carboxylic acids is 1. The van der Waals surface area contributed by atoms with Crippen LogP contribution in [0, 0.1) is 11.6 Å². The minimum absolute atomic E-state index is 0.0377. The van der Waals surface area contributed by atoms with Gasteiger partial charge in [-0.25, -0.2) is 22.0 Å². The van der Waals surface area contributed by atoms with Gasteiger partial charge in [-0.15, -0.1) is 0 Å². The van der Waals surface area contributed by atoms with Crippen molar-refractivity contribution in [3.05, 3.63) is 64.6 Å². The Labute approximate surface area is 179 Å². The standard InChI is InChI=1S/C20H15F2N3O6S/c1-2-30-20(27)31-16-9-23-18-17(16)14-8-13(3-4-15(14)24-19(18)26)32(28,29)25-12-6-10(21)5-11(22)7-12/h3-9,23,25H,2H2,1H3,(H,24,26). The molecule has 0 aliphatic carbocycles. The number of H-pyrrole nitrogens is 2. The molecule has 0 spiro atoms. The van der Waals surface area contributed by atoms with E-state index in [1.54, 1.807) is 6.92 Å². The van der Waals surface area contributed by atoms with Gasteiger partial charge < -0.3 is 19.4 Å². The topological polar surface area (TPSA) is 130 Å². The molecule has 2 aromatic carbocycles. The van der Waals surface area contributed by atoms with Gasteiger partial charge >= 0.3 is 6.16 Å². The second-order valence-corrected chi connectivity index (χ2v) is 8.30. The van der Waals surface area contributed by atoms with E-state index in [9.17, 15) is 26.8 Å².